The van der Waals surface area contributed by atoms with Crippen LogP contribution in [0.15, 0.2) is 41.2 Å². The maximum absolute atomic E-state index is 13.1. The van der Waals surface area contributed by atoms with E-state index in [0.29, 0.717) is 28.4 Å². The molecule has 0 bridgehead atoms. The third kappa shape index (κ3) is 4.01. The number of halogens is 1. The van der Waals surface area contributed by atoms with Gasteiger partial charge in [-0.15, -0.1) is 0 Å². The second kappa shape index (κ2) is 7.24. The third-order valence-corrected chi connectivity index (χ3v) is 4.20. The number of amides is 1. The van der Waals surface area contributed by atoms with Gasteiger partial charge in [-0.1, -0.05) is 5.16 Å². The Bertz CT molecular complexity index is 950. The summed E-state index contributed by atoms with van der Waals surface area (Å²) < 4.78 is 24.4. The lowest BCUT2D eigenvalue weighted by molar-refractivity contribution is -0.0370. The van der Waals surface area contributed by atoms with Crippen molar-refractivity contribution in [3.05, 3.63) is 65.1 Å². The summed E-state index contributed by atoms with van der Waals surface area (Å²) in [5.74, 6) is -0.378. The fourth-order valence-electron chi connectivity index (χ4n) is 2.50. The molecule has 0 spiro atoms. The zero-order chi connectivity index (χ0) is 19.6. The van der Waals surface area contributed by atoms with Crippen molar-refractivity contribution in [2.75, 3.05) is 0 Å². The molecule has 0 saturated carbocycles. The fraction of sp³-hybridized carbons (Fsp3) is 0.263. The van der Waals surface area contributed by atoms with E-state index in [9.17, 15) is 9.18 Å². The first-order valence-corrected chi connectivity index (χ1v) is 8.25. The predicted octanol–water partition coefficient (Wildman–Crippen LogP) is 3.13. The Balaban J connectivity index is 1.80. The smallest absolute Gasteiger partial charge is 0.250 e. The van der Waals surface area contributed by atoms with Crippen molar-refractivity contribution in [2.24, 2.45) is 5.73 Å². The monoisotopic (exact) mass is 370 g/mol. The highest BCUT2D eigenvalue weighted by molar-refractivity contribution is 5.92. The molecule has 0 aliphatic carbocycles. The van der Waals surface area contributed by atoms with E-state index in [1.54, 1.807) is 19.1 Å². The van der Waals surface area contributed by atoms with Crippen LogP contribution in [0.5, 0.6) is 0 Å². The van der Waals surface area contributed by atoms with Crippen LogP contribution in [0, 0.1) is 12.7 Å². The van der Waals surface area contributed by atoms with Crippen LogP contribution in [-0.2, 0) is 16.9 Å². The number of aryl methyl sites for hydroxylation is 1. The van der Waals surface area contributed by atoms with Crippen molar-refractivity contribution in [2.45, 2.75) is 33.0 Å². The number of carbonyl (C=O) groups excluding carboxylic acids is 1. The summed E-state index contributed by atoms with van der Waals surface area (Å²) >= 11 is 0. The molecule has 3 rings (SSSR count). The SMILES string of the molecule is Cc1onc(-c2ccc(F)cn2)c1COC(C)(C)c1ccc(C(N)=O)cn1. The summed E-state index contributed by atoms with van der Waals surface area (Å²) in [6.07, 6.45) is 2.54. The number of hydrogen-bond acceptors (Lipinski definition) is 6. The molecule has 0 aromatic carbocycles. The van der Waals surface area contributed by atoms with Crippen LogP contribution in [0.25, 0.3) is 11.4 Å². The summed E-state index contributed by atoms with van der Waals surface area (Å²) in [5, 5.41) is 4.01. The molecule has 0 unspecified atom stereocenters. The molecular weight excluding hydrogens is 351 g/mol. The van der Waals surface area contributed by atoms with Gasteiger partial charge in [-0.05, 0) is 45.0 Å². The highest BCUT2D eigenvalue weighted by Gasteiger charge is 2.26. The highest BCUT2D eigenvalue weighted by Crippen LogP contribution is 2.29. The van der Waals surface area contributed by atoms with E-state index in [-0.39, 0.29) is 6.61 Å². The van der Waals surface area contributed by atoms with Gasteiger partial charge < -0.3 is 15.0 Å². The minimum Gasteiger partial charge on any atom is -0.366 e. The molecule has 3 heterocycles. The van der Waals surface area contributed by atoms with E-state index in [0.717, 1.165) is 11.8 Å². The van der Waals surface area contributed by atoms with E-state index in [1.165, 1.54) is 18.3 Å². The number of pyridine rings is 2. The maximum Gasteiger partial charge on any atom is 0.250 e. The van der Waals surface area contributed by atoms with Gasteiger partial charge >= 0.3 is 0 Å². The van der Waals surface area contributed by atoms with Gasteiger partial charge in [-0.25, -0.2) is 4.39 Å². The minimum absolute atomic E-state index is 0.190. The molecule has 140 valence electrons. The molecule has 3 aromatic heterocycles. The average Bonchev–Trinajstić information content (AvgIpc) is 3.01. The molecule has 3 aromatic rings. The van der Waals surface area contributed by atoms with Gasteiger partial charge in [0, 0.05) is 11.8 Å². The van der Waals surface area contributed by atoms with Gasteiger partial charge in [0.1, 0.15) is 22.9 Å². The summed E-state index contributed by atoms with van der Waals surface area (Å²) in [4.78, 5) is 19.5. The van der Waals surface area contributed by atoms with Crippen LogP contribution in [0.4, 0.5) is 4.39 Å². The van der Waals surface area contributed by atoms with Crippen LogP contribution in [-0.4, -0.2) is 21.0 Å². The zero-order valence-electron chi connectivity index (χ0n) is 15.2. The van der Waals surface area contributed by atoms with E-state index in [4.69, 9.17) is 15.0 Å². The molecule has 0 aliphatic heterocycles. The second-order valence-electron chi connectivity index (χ2n) is 6.52. The second-order valence-corrected chi connectivity index (χ2v) is 6.52. The molecule has 0 fully saturated rings. The van der Waals surface area contributed by atoms with Crippen LogP contribution >= 0.6 is 0 Å². The zero-order valence-corrected chi connectivity index (χ0v) is 15.2. The summed E-state index contributed by atoms with van der Waals surface area (Å²) in [6.45, 7) is 5.68. The topological polar surface area (TPSA) is 104 Å². The van der Waals surface area contributed by atoms with Crippen molar-refractivity contribution in [1.29, 1.82) is 0 Å². The number of hydrogen-bond donors (Lipinski definition) is 1. The Labute approximate surface area is 155 Å². The number of rotatable bonds is 6. The molecule has 8 heteroatoms. The molecule has 7 nitrogen and oxygen atoms in total. The molecule has 2 N–H and O–H groups in total. The maximum atomic E-state index is 13.1. The van der Waals surface area contributed by atoms with Gasteiger partial charge in [0.25, 0.3) is 0 Å². The van der Waals surface area contributed by atoms with Crippen molar-refractivity contribution < 1.29 is 18.4 Å². The van der Waals surface area contributed by atoms with Crippen molar-refractivity contribution in [1.82, 2.24) is 15.1 Å². The predicted molar refractivity (Wildman–Crippen MR) is 95.0 cm³/mol. The number of aromatic nitrogens is 3. The molecule has 0 radical (unpaired) electrons. The first-order chi connectivity index (χ1) is 12.8. The largest absolute Gasteiger partial charge is 0.366 e. The number of ether oxygens (including phenoxy) is 1. The lowest BCUT2D eigenvalue weighted by Crippen LogP contribution is -2.23. The summed E-state index contributed by atoms with van der Waals surface area (Å²) in [7, 11) is 0. The van der Waals surface area contributed by atoms with Crippen molar-refractivity contribution >= 4 is 5.91 Å². The first kappa shape index (κ1) is 18.7. The van der Waals surface area contributed by atoms with Crippen LogP contribution < -0.4 is 5.73 Å². The summed E-state index contributed by atoms with van der Waals surface area (Å²) in [5.41, 5.74) is 7.18. The van der Waals surface area contributed by atoms with E-state index in [1.807, 2.05) is 13.8 Å². The third-order valence-electron chi connectivity index (χ3n) is 4.20. The van der Waals surface area contributed by atoms with Gasteiger partial charge in [0.2, 0.25) is 5.91 Å². The van der Waals surface area contributed by atoms with E-state index < -0.39 is 17.3 Å². The van der Waals surface area contributed by atoms with E-state index in [2.05, 4.69) is 15.1 Å². The Hall–Kier alpha value is -3.13. The van der Waals surface area contributed by atoms with Gasteiger partial charge in [0.15, 0.2) is 0 Å². The van der Waals surface area contributed by atoms with Gasteiger partial charge in [-0.3, -0.25) is 14.8 Å². The quantitative estimate of drug-likeness (QED) is 0.715. The van der Waals surface area contributed by atoms with Gasteiger partial charge in [-0.2, -0.15) is 0 Å². The van der Waals surface area contributed by atoms with E-state index >= 15 is 0 Å². The molecule has 1 amide bonds. The number of nitrogens with two attached hydrogens (primary N) is 1. The average molecular weight is 370 g/mol. The Kier molecular flexibility index (Phi) is 5.00. The normalized spacial score (nSPS) is 11.6. The van der Waals surface area contributed by atoms with Crippen LogP contribution in [0.1, 0.15) is 41.2 Å². The number of carbonyl (C=O) groups is 1. The van der Waals surface area contributed by atoms with Crippen molar-refractivity contribution in [3.8, 4) is 11.4 Å². The molecule has 0 aliphatic rings. The van der Waals surface area contributed by atoms with Gasteiger partial charge in [0.05, 0.1) is 29.8 Å². The molecule has 0 saturated heterocycles. The molecule has 27 heavy (non-hydrogen) atoms. The van der Waals surface area contributed by atoms with Crippen LogP contribution in [0.3, 0.4) is 0 Å². The lowest BCUT2D eigenvalue weighted by atomic mass is 10.0. The summed E-state index contributed by atoms with van der Waals surface area (Å²) in [6, 6.07) is 6.15. The minimum atomic E-state index is -0.743. The Morgan fingerprint density at radius 1 is 1.22 bits per heavy atom. The van der Waals surface area contributed by atoms with Crippen molar-refractivity contribution in [3.63, 3.8) is 0 Å². The standard InChI is InChI=1S/C19H19FN4O3/c1-11-14(17(24-27-11)15-6-5-13(20)9-22-15)10-26-19(2,3)16-7-4-12(8-23-16)18(21)25/h4-9H,10H2,1-3H3,(H2,21,25). The highest BCUT2D eigenvalue weighted by atomic mass is 19.1. The molecular formula is C19H19FN4O3. The first-order valence-electron chi connectivity index (χ1n) is 8.25. The number of primary amides is 1. The van der Waals surface area contributed by atoms with Crippen LogP contribution in [0.2, 0.25) is 0 Å². The molecule has 0 atom stereocenters. The Morgan fingerprint density at radius 2 is 2.00 bits per heavy atom. The lowest BCUT2D eigenvalue weighted by Gasteiger charge is -2.25. The number of nitrogens with zero attached hydrogens (tertiary/aromatic N) is 3. The fourth-order valence-corrected chi connectivity index (χ4v) is 2.50. The Morgan fingerprint density at radius 3 is 2.59 bits per heavy atom.